The molecule has 0 bridgehead atoms. The number of aryl methyl sites for hydroxylation is 2. The fourth-order valence-electron chi connectivity index (χ4n) is 3.09. The summed E-state index contributed by atoms with van der Waals surface area (Å²) in [6.45, 7) is 5.30. The van der Waals surface area contributed by atoms with Crippen LogP contribution in [0.2, 0.25) is 0 Å². The van der Waals surface area contributed by atoms with Crippen molar-refractivity contribution in [3.63, 3.8) is 0 Å². The van der Waals surface area contributed by atoms with Gasteiger partial charge in [0.15, 0.2) is 0 Å². The first kappa shape index (κ1) is 16.5. The molecule has 1 aliphatic rings. The molecule has 1 atom stereocenters. The lowest BCUT2D eigenvalue weighted by Crippen LogP contribution is -2.43. The summed E-state index contributed by atoms with van der Waals surface area (Å²) in [6.07, 6.45) is 5.08. The van der Waals surface area contributed by atoms with E-state index in [4.69, 9.17) is 0 Å². The Morgan fingerprint density at radius 2 is 1.96 bits per heavy atom. The molecule has 3 heterocycles. The second kappa shape index (κ2) is 6.62. The van der Waals surface area contributed by atoms with Crippen LogP contribution in [0.25, 0.3) is 11.0 Å². The van der Waals surface area contributed by atoms with Crippen molar-refractivity contribution >= 4 is 22.8 Å². The standard InChI is InChI=1S/C16H24N6O2/c1-11-15-13(20(3)18-11)10-22(19-15)12(2)16(24)17-9-14(23)21-7-5-4-6-8-21/h10,12H,4-9H2,1-3H3,(H,17,24)/t12-/m1/s1. The molecule has 1 N–H and O–H groups in total. The third kappa shape index (κ3) is 3.13. The van der Waals surface area contributed by atoms with Gasteiger partial charge in [0.2, 0.25) is 11.8 Å². The van der Waals surface area contributed by atoms with Crippen LogP contribution in [0.3, 0.4) is 0 Å². The lowest BCUT2D eigenvalue weighted by molar-refractivity contribution is -0.134. The quantitative estimate of drug-likeness (QED) is 0.896. The van der Waals surface area contributed by atoms with Gasteiger partial charge in [-0.3, -0.25) is 19.0 Å². The van der Waals surface area contributed by atoms with Crippen LogP contribution in [0.4, 0.5) is 0 Å². The van der Waals surface area contributed by atoms with E-state index in [0.717, 1.165) is 42.7 Å². The largest absolute Gasteiger partial charge is 0.345 e. The Bertz CT molecular complexity index is 722. The molecule has 3 rings (SSSR count). The van der Waals surface area contributed by atoms with Gasteiger partial charge in [-0.05, 0) is 33.1 Å². The van der Waals surface area contributed by atoms with Gasteiger partial charge in [0, 0.05) is 20.1 Å². The summed E-state index contributed by atoms with van der Waals surface area (Å²) in [5.74, 6) is -0.223. The maximum atomic E-state index is 12.3. The van der Waals surface area contributed by atoms with Gasteiger partial charge < -0.3 is 10.2 Å². The number of hydrogen-bond acceptors (Lipinski definition) is 4. The van der Waals surface area contributed by atoms with Crippen molar-refractivity contribution in [1.82, 2.24) is 29.8 Å². The second-order valence-electron chi connectivity index (χ2n) is 6.39. The summed E-state index contributed by atoms with van der Waals surface area (Å²) in [4.78, 5) is 26.3. The van der Waals surface area contributed by atoms with Gasteiger partial charge in [0.1, 0.15) is 17.1 Å². The molecule has 8 nitrogen and oxygen atoms in total. The fraction of sp³-hybridized carbons (Fsp3) is 0.625. The summed E-state index contributed by atoms with van der Waals surface area (Å²) in [5.41, 5.74) is 2.51. The fourth-order valence-corrected chi connectivity index (χ4v) is 3.09. The summed E-state index contributed by atoms with van der Waals surface area (Å²) in [6, 6.07) is -0.481. The molecule has 0 radical (unpaired) electrons. The Hall–Kier alpha value is -2.38. The molecule has 0 unspecified atom stereocenters. The van der Waals surface area contributed by atoms with Gasteiger partial charge in [0.05, 0.1) is 18.4 Å². The van der Waals surface area contributed by atoms with Crippen molar-refractivity contribution in [1.29, 1.82) is 0 Å². The summed E-state index contributed by atoms with van der Waals surface area (Å²) in [7, 11) is 1.85. The predicted molar refractivity (Wildman–Crippen MR) is 89.4 cm³/mol. The molecule has 2 aromatic rings. The van der Waals surface area contributed by atoms with E-state index < -0.39 is 6.04 Å². The van der Waals surface area contributed by atoms with E-state index in [2.05, 4.69) is 15.5 Å². The molecule has 8 heteroatoms. The van der Waals surface area contributed by atoms with Crippen LogP contribution >= 0.6 is 0 Å². The number of amides is 2. The highest BCUT2D eigenvalue weighted by molar-refractivity contribution is 5.87. The highest BCUT2D eigenvalue weighted by Crippen LogP contribution is 2.17. The normalized spacial score (nSPS) is 16.4. The molecule has 1 saturated heterocycles. The monoisotopic (exact) mass is 332 g/mol. The number of carbonyl (C=O) groups excluding carboxylic acids is 2. The number of aromatic nitrogens is 4. The van der Waals surface area contributed by atoms with Crippen LogP contribution in [0.5, 0.6) is 0 Å². The highest BCUT2D eigenvalue weighted by Gasteiger charge is 2.21. The molecule has 0 aromatic carbocycles. The van der Waals surface area contributed by atoms with Crippen LogP contribution in [-0.4, -0.2) is 55.9 Å². The summed E-state index contributed by atoms with van der Waals surface area (Å²) < 4.78 is 3.37. The maximum absolute atomic E-state index is 12.3. The van der Waals surface area contributed by atoms with Crippen molar-refractivity contribution in [2.75, 3.05) is 19.6 Å². The molecule has 1 fully saturated rings. The number of carbonyl (C=O) groups is 2. The zero-order valence-electron chi connectivity index (χ0n) is 14.4. The average Bonchev–Trinajstić information content (AvgIpc) is 3.14. The van der Waals surface area contributed by atoms with Crippen LogP contribution < -0.4 is 5.32 Å². The van der Waals surface area contributed by atoms with Crippen LogP contribution in [0, 0.1) is 6.92 Å². The molecule has 0 saturated carbocycles. The van der Waals surface area contributed by atoms with Crippen LogP contribution in [0.15, 0.2) is 6.20 Å². The number of nitrogens with zero attached hydrogens (tertiary/aromatic N) is 5. The molecular weight excluding hydrogens is 308 g/mol. The Kier molecular flexibility index (Phi) is 4.55. The van der Waals surface area contributed by atoms with Gasteiger partial charge in [-0.15, -0.1) is 0 Å². The number of nitrogens with one attached hydrogen (secondary N) is 1. The zero-order valence-corrected chi connectivity index (χ0v) is 14.4. The molecule has 0 spiro atoms. The van der Waals surface area contributed by atoms with Crippen molar-refractivity contribution < 1.29 is 9.59 Å². The molecule has 2 amide bonds. The van der Waals surface area contributed by atoms with Gasteiger partial charge >= 0.3 is 0 Å². The Labute approximate surface area is 140 Å². The Balaban J connectivity index is 1.61. The van der Waals surface area contributed by atoms with Crippen molar-refractivity contribution in [3.05, 3.63) is 11.9 Å². The lowest BCUT2D eigenvalue weighted by Gasteiger charge is -2.27. The molecule has 0 aliphatic carbocycles. The SMILES string of the molecule is Cc1nn(C)c2cn([C@H](C)C(=O)NCC(=O)N3CCCCC3)nc12. The summed E-state index contributed by atoms with van der Waals surface area (Å²) >= 11 is 0. The number of rotatable bonds is 4. The smallest absolute Gasteiger partial charge is 0.245 e. The van der Waals surface area contributed by atoms with Crippen molar-refractivity contribution in [2.24, 2.45) is 7.05 Å². The van der Waals surface area contributed by atoms with Crippen molar-refractivity contribution in [2.45, 2.75) is 39.2 Å². The zero-order chi connectivity index (χ0) is 17.3. The number of fused-ring (bicyclic) bond motifs is 1. The molecule has 1 aliphatic heterocycles. The Morgan fingerprint density at radius 3 is 2.62 bits per heavy atom. The number of piperidine rings is 1. The van der Waals surface area contributed by atoms with E-state index in [0.29, 0.717) is 0 Å². The first-order valence-electron chi connectivity index (χ1n) is 8.41. The minimum absolute atomic E-state index is 0.0130. The van der Waals surface area contributed by atoms with E-state index >= 15 is 0 Å². The van der Waals surface area contributed by atoms with Gasteiger partial charge in [0.25, 0.3) is 0 Å². The summed E-state index contributed by atoms with van der Waals surface area (Å²) in [5, 5.41) is 11.5. The second-order valence-corrected chi connectivity index (χ2v) is 6.39. The minimum Gasteiger partial charge on any atom is -0.345 e. The van der Waals surface area contributed by atoms with Gasteiger partial charge in [-0.2, -0.15) is 10.2 Å². The topological polar surface area (TPSA) is 85.0 Å². The third-order valence-corrected chi connectivity index (χ3v) is 4.60. The van der Waals surface area contributed by atoms with E-state index in [1.165, 1.54) is 6.42 Å². The van der Waals surface area contributed by atoms with E-state index in [9.17, 15) is 9.59 Å². The van der Waals surface area contributed by atoms with E-state index in [-0.39, 0.29) is 18.4 Å². The van der Waals surface area contributed by atoms with E-state index in [1.807, 2.05) is 25.1 Å². The average molecular weight is 332 g/mol. The lowest BCUT2D eigenvalue weighted by atomic mass is 10.1. The molecule has 2 aromatic heterocycles. The molecule has 130 valence electrons. The predicted octanol–water partition coefficient (Wildman–Crippen LogP) is 0.768. The first-order chi connectivity index (χ1) is 11.5. The van der Waals surface area contributed by atoms with Crippen LogP contribution in [-0.2, 0) is 16.6 Å². The van der Waals surface area contributed by atoms with Gasteiger partial charge in [-0.25, -0.2) is 0 Å². The third-order valence-electron chi connectivity index (χ3n) is 4.60. The molecular formula is C16H24N6O2. The first-order valence-corrected chi connectivity index (χ1v) is 8.41. The van der Waals surface area contributed by atoms with E-state index in [1.54, 1.807) is 16.3 Å². The Morgan fingerprint density at radius 1 is 1.25 bits per heavy atom. The number of likely N-dealkylation sites (tertiary alicyclic amines) is 1. The van der Waals surface area contributed by atoms with Gasteiger partial charge in [-0.1, -0.05) is 0 Å². The minimum atomic E-state index is -0.481. The molecule has 24 heavy (non-hydrogen) atoms. The highest BCUT2D eigenvalue weighted by atomic mass is 16.2. The van der Waals surface area contributed by atoms with Crippen LogP contribution in [0.1, 0.15) is 37.9 Å². The van der Waals surface area contributed by atoms with Crippen molar-refractivity contribution in [3.8, 4) is 0 Å². The maximum Gasteiger partial charge on any atom is 0.245 e. The number of hydrogen-bond donors (Lipinski definition) is 1.